The highest BCUT2D eigenvalue weighted by Crippen LogP contribution is 2.38. The first kappa shape index (κ1) is 29.3. The predicted molar refractivity (Wildman–Crippen MR) is 160 cm³/mol. The van der Waals surface area contributed by atoms with Gasteiger partial charge in [0.05, 0.1) is 41.6 Å². The van der Waals surface area contributed by atoms with Crippen LogP contribution < -0.4 is 14.9 Å². The van der Waals surface area contributed by atoms with Crippen molar-refractivity contribution in [3.63, 3.8) is 0 Å². The van der Waals surface area contributed by atoms with E-state index in [4.69, 9.17) is 4.74 Å². The molecule has 11 heteroatoms. The normalized spacial score (nSPS) is 13.6. The smallest absolute Gasteiger partial charge is 0.337 e. The van der Waals surface area contributed by atoms with Gasteiger partial charge in [-0.3, -0.25) is 13.9 Å². The number of ether oxygens (including phenoxy) is 1. The summed E-state index contributed by atoms with van der Waals surface area (Å²) in [6.45, 7) is 4.33. The average molecular weight is 577 g/mol. The average Bonchev–Trinajstić information content (AvgIpc) is 3.29. The van der Waals surface area contributed by atoms with Gasteiger partial charge >= 0.3 is 5.97 Å². The van der Waals surface area contributed by atoms with Crippen LogP contribution in [0.3, 0.4) is 0 Å². The number of hydrogen-bond acceptors (Lipinski definition) is 7. The fraction of sp³-hybridized carbons (Fsp3) is 0.233. The van der Waals surface area contributed by atoms with Crippen LogP contribution in [0.15, 0.2) is 72.8 Å². The first-order valence-corrected chi connectivity index (χ1v) is 14.9. The van der Waals surface area contributed by atoms with Crippen molar-refractivity contribution < 1.29 is 27.5 Å². The van der Waals surface area contributed by atoms with Crippen LogP contribution in [0, 0.1) is 0 Å². The topological polar surface area (TPSA) is 125 Å². The Bertz CT molecular complexity index is 1600. The number of nitrogens with zero attached hydrogens (tertiary/aromatic N) is 2. The van der Waals surface area contributed by atoms with Crippen molar-refractivity contribution in [2.24, 2.45) is 0 Å². The van der Waals surface area contributed by atoms with Gasteiger partial charge in [0.2, 0.25) is 15.9 Å². The van der Waals surface area contributed by atoms with Gasteiger partial charge in [-0.05, 0) is 55.8 Å². The van der Waals surface area contributed by atoms with Crippen molar-refractivity contribution in [1.29, 1.82) is 0 Å². The van der Waals surface area contributed by atoms with E-state index in [0.717, 1.165) is 16.1 Å². The molecule has 3 aromatic carbocycles. The molecule has 2 amide bonds. The van der Waals surface area contributed by atoms with Gasteiger partial charge in [-0.2, -0.15) is 0 Å². The number of rotatable bonds is 10. The molecule has 0 fully saturated rings. The molecule has 3 aromatic rings. The van der Waals surface area contributed by atoms with Gasteiger partial charge < -0.3 is 20.3 Å². The van der Waals surface area contributed by atoms with E-state index in [1.54, 1.807) is 47.4 Å². The number of likely N-dealkylation sites (N-methyl/N-ethyl adjacent to an activating group) is 1. The Morgan fingerprint density at radius 3 is 2.17 bits per heavy atom. The fourth-order valence-electron chi connectivity index (χ4n) is 4.60. The molecule has 0 radical (unpaired) electrons. The van der Waals surface area contributed by atoms with Crippen LogP contribution in [-0.2, 0) is 24.3 Å². The summed E-state index contributed by atoms with van der Waals surface area (Å²) in [5, 5.41) is 6.15. The van der Waals surface area contributed by atoms with Crippen LogP contribution in [0.5, 0.6) is 0 Å². The fourth-order valence-corrected chi connectivity index (χ4v) is 5.45. The molecular formula is C30H32N4O6S. The van der Waals surface area contributed by atoms with Crippen molar-refractivity contribution in [3.8, 4) is 0 Å². The zero-order chi connectivity index (χ0) is 29.7. The summed E-state index contributed by atoms with van der Waals surface area (Å²) in [7, 11) is -2.45. The second-order valence-electron chi connectivity index (χ2n) is 9.33. The van der Waals surface area contributed by atoms with Crippen molar-refractivity contribution in [1.82, 2.24) is 4.90 Å². The summed E-state index contributed by atoms with van der Waals surface area (Å²) in [4.78, 5) is 39.5. The number of fused-ring (bicyclic) bond motifs is 1. The molecule has 0 atom stereocenters. The Labute approximate surface area is 239 Å². The van der Waals surface area contributed by atoms with Crippen molar-refractivity contribution in [3.05, 3.63) is 89.5 Å². The number of benzene rings is 3. The van der Waals surface area contributed by atoms with Crippen LogP contribution in [0.1, 0.15) is 35.3 Å². The molecule has 10 nitrogen and oxygen atoms in total. The summed E-state index contributed by atoms with van der Waals surface area (Å²) >= 11 is 0. The molecule has 0 saturated carbocycles. The van der Waals surface area contributed by atoms with Crippen molar-refractivity contribution in [2.75, 3.05) is 47.9 Å². The summed E-state index contributed by atoms with van der Waals surface area (Å²) in [5.41, 5.74) is 4.00. The summed E-state index contributed by atoms with van der Waals surface area (Å²) in [6.07, 6.45) is 1.06. The standard InChI is InChI=1S/C30H32N4O6S/c1-5-33(6-2)26(35)19-34(41(4,38)39)23-15-13-22(14-16-23)31-28(20-10-8-7-9-11-20)27-24-17-12-21(30(37)40-3)18-25(24)32-29(27)36/h7-18,31H,5-6,19H2,1-4H3,(H,32,36). The Morgan fingerprint density at radius 2 is 1.59 bits per heavy atom. The van der Waals surface area contributed by atoms with E-state index in [2.05, 4.69) is 10.6 Å². The molecule has 2 N–H and O–H groups in total. The molecule has 0 bridgehead atoms. The third-order valence-corrected chi connectivity index (χ3v) is 7.86. The number of sulfonamides is 1. The van der Waals surface area contributed by atoms with E-state index in [0.29, 0.717) is 52.5 Å². The lowest BCUT2D eigenvalue weighted by Gasteiger charge is -2.26. The van der Waals surface area contributed by atoms with E-state index in [9.17, 15) is 22.8 Å². The minimum absolute atomic E-state index is 0.292. The molecule has 0 unspecified atom stereocenters. The molecule has 1 heterocycles. The van der Waals surface area contributed by atoms with Gasteiger partial charge in [0.1, 0.15) is 6.54 Å². The Morgan fingerprint density at radius 1 is 0.927 bits per heavy atom. The number of methoxy groups -OCH3 is 1. The molecular weight excluding hydrogens is 544 g/mol. The van der Waals surface area contributed by atoms with Crippen molar-refractivity contribution >= 4 is 56.1 Å². The van der Waals surface area contributed by atoms with Gasteiger partial charge in [-0.15, -0.1) is 0 Å². The maximum atomic E-state index is 13.2. The number of hydrogen-bond donors (Lipinski definition) is 2. The maximum Gasteiger partial charge on any atom is 0.337 e. The molecule has 0 aromatic heterocycles. The minimum atomic E-state index is -3.74. The highest BCUT2D eigenvalue weighted by Gasteiger charge is 2.29. The molecule has 1 aliphatic heterocycles. The quantitative estimate of drug-likeness (QED) is 0.276. The second-order valence-corrected chi connectivity index (χ2v) is 11.2. The highest BCUT2D eigenvalue weighted by atomic mass is 32.2. The molecule has 0 saturated heterocycles. The van der Waals surface area contributed by atoms with Crippen LogP contribution >= 0.6 is 0 Å². The lowest BCUT2D eigenvalue weighted by Crippen LogP contribution is -2.42. The third-order valence-electron chi connectivity index (χ3n) is 6.72. The predicted octanol–water partition coefficient (Wildman–Crippen LogP) is 4.04. The van der Waals surface area contributed by atoms with Gasteiger partial charge in [0.15, 0.2) is 0 Å². The summed E-state index contributed by atoms with van der Waals surface area (Å²) in [6, 6.07) is 20.8. The largest absolute Gasteiger partial charge is 0.465 e. The van der Waals surface area contributed by atoms with Crippen LogP contribution in [0.25, 0.3) is 11.3 Å². The minimum Gasteiger partial charge on any atom is -0.465 e. The van der Waals surface area contributed by atoms with Crippen LogP contribution in [0.4, 0.5) is 17.1 Å². The number of esters is 1. The molecule has 0 aliphatic carbocycles. The number of amides is 2. The molecule has 1 aliphatic rings. The Hall–Kier alpha value is -4.64. The number of nitrogens with one attached hydrogen (secondary N) is 2. The number of carbonyl (C=O) groups is 3. The number of carbonyl (C=O) groups excluding carboxylic acids is 3. The van der Waals surface area contributed by atoms with E-state index in [1.807, 2.05) is 44.2 Å². The van der Waals surface area contributed by atoms with Gasteiger partial charge in [0, 0.05) is 24.3 Å². The SMILES string of the molecule is CCN(CC)C(=O)CN(c1ccc(NC(=C2C(=O)Nc3cc(C(=O)OC)ccc32)c2ccccc2)cc1)S(C)(=O)=O. The Kier molecular flexibility index (Phi) is 8.77. The number of anilines is 3. The summed E-state index contributed by atoms with van der Waals surface area (Å²) in [5.74, 6) is -1.15. The van der Waals surface area contributed by atoms with E-state index >= 15 is 0 Å². The molecule has 214 valence electrons. The van der Waals surface area contributed by atoms with Gasteiger partial charge in [0.25, 0.3) is 5.91 Å². The first-order chi connectivity index (χ1) is 19.6. The van der Waals surface area contributed by atoms with Crippen LogP contribution in [-0.4, -0.2) is 64.1 Å². The van der Waals surface area contributed by atoms with Gasteiger partial charge in [-0.25, -0.2) is 13.2 Å². The third kappa shape index (κ3) is 6.41. The zero-order valence-corrected chi connectivity index (χ0v) is 24.1. The molecule has 0 spiro atoms. The highest BCUT2D eigenvalue weighted by molar-refractivity contribution is 7.92. The van der Waals surface area contributed by atoms with E-state index in [1.165, 1.54) is 7.11 Å². The van der Waals surface area contributed by atoms with Crippen molar-refractivity contribution in [2.45, 2.75) is 13.8 Å². The monoisotopic (exact) mass is 576 g/mol. The van der Waals surface area contributed by atoms with E-state index in [-0.39, 0.29) is 18.4 Å². The van der Waals surface area contributed by atoms with Gasteiger partial charge in [-0.1, -0.05) is 36.4 Å². The Balaban J connectivity index is 1.72. The zero-order valence-electron chi connectivity index (χ0n) is 23.3. The summed E-state index contributed by atoms with van der Waals surface area (Å²) < 4.78 is 31.0. The second kappa shape index (κ2) is 12.3. The van der Waals surface area contributed by atoms with E-state index < -0.39 is 16.0 Å². The lowest BCUT2D eigenvalue weighted by molar-refractivity contribution is -0.129. The lowest BCUT2D eigenvalue weighted by atomic mass is 9.99. The molecule has 4 rings (SSSR count). The molecule has 41 heavy (non-hydrogen) atoms. The first-order valence-electron chi connectivity index (χ1n) is 13.0. The van der Waals surface area contributed by atoms with Crippen LogP contribution in [0.2, 0.25) is 0 Å². The maximum absolute atomic E-state index is 13.2.